The minimum absolute atomic E-state index is 0.0724. The highest BCUT2D eigenvalue weighted by atomic mass is 32.2. The van der Waals surface area contributed by atoms with E-state index < -0.39 is 35.4 Å². The minimum Gasteiger partial charge on any atom is -0.514 e. The highest BCUT2D eigenvalue weighted by Gasteiger charge is 2.56. The highest BCUT2D eigenvalue weighted by Crippen LogP contribution is 2.47. The normalized spacial score (nSPS) is 18.8. The van der Waals surface area contributed by atoms with E-state index in [9.17, 15) is 24.3 Å². The van der Waals surface area contributed by atoms with Gasteiger partial charge < -0.3 is 19.9 Å². The fourth-order valence-corrected chi connectivity index (χ4v) is 6.07. The van der Waals surface area contributed by atoms with Gasteiger partial charge in [0.15, 0.2) is 6.10 Å². The van der Waals surface area contributed by atoms with E-state index in [1.165, 1.54) is 11.8 Å². The van der Waals surface area contributed by atoms with Crippen LogP contribution in [0.5, 0.6) is 0 Å². The number of nitrogens with zero attached hydrogens (tertiary/aromatic N) is 1. The maximum atomic E-state index is 14.0. The molecule has 0 saturated carbocycles. The number of carbonyl (C=O) groups is 4. The zero-order chi connectivity index (χ0) is 29.6. The molecule has 0 aromatic heterocycles. The van der Waals surface area contributed by atoms with Crippen molar-refractivity contribution in [2.75, 3.05) is 6.61 Å². The molecular formula is C32H28N2O7S. The summed E-state index contributed by atoms with van der Waals surface area (Å²) in [7, 11) is 0. The monoisotopic (exact) mass is 584 g/mol. The molecule has 214 valence electrons. The smallest absolute Gasteiger partial charge is 0.356 e. The molecule has 2 aliphatic rings. The molecule has 2 N–H and O–H groups in total. The molecule has 3 aromatic carbocycles. The lowest BCUT2D eigenvalue weighted by molar-refractivity contribution is -0.155. The standard InChI is InChI=1S/C32H28N2O7S/c1-20(36)40-19-24-25(18-35)42-31-27(33-26(37)17-21-11-5-2-6-12-21)30(38)34(31)28(24)32(39)41-29(22-13-7-3-8-14-22)23-15-9-4-10-16-23/h2-16,18,27,29,31,35H,17,19H2,1H3,(H,33,37)/b25-18-/t27?,31-/m1/s1. The Bertz CT molecular complexity index is 1500. The van der Waals surface area contributed by atoms with Crippen LogP contribution in [0, 0.1) is 0 Å². The summed E-state index contributed by atoms with van der Waals surface area (Å²) in [5.41, 5.74) is 2.17. The van der Waals surface area contributed by atoms with E-state index in [1.54, 1.807) is 0 Å². The van der Waals surface area contributed by atoms with E-state index in [0.29, 0.717) is 11.1 Å². The van der Waals surface area contributed by atoms with Crippen molar-refractivity contribution < 1.29 is 33.8 Å². The number of aliphatic hydroxyl groups excluding tert-OH is 1. The molecule has 3 aromatic rings. The average Bonchev–Trinajstić information content (AvgIpc) is 3.01. The first-order chi connectivity index (χ1) is 20.4. The quantitative estimate of drug-likeness (QED) is 0.218. The number of rotatable bonds is 9. The molecule has 0 spiro atoms. The number of esters is 2. The number of β-lactam (4-membered cyclic amide) rings is 1. The highest BCUT2D eigenvalue weighted by molar-refractivity contribution is 8.04. The lowest BCUT2D eigenvalue weighted by atomic mass is 10.00. The summed E-state index contributed by atoms with van der Waals surface area (Å²) >= 11 is 1.08. The molecule has 1 unspecified atom stereocenters. The first kappa shape index (κ1) is 28.7. The van der Waals surface area contributed by atoms with E-state index in [4.69, 9.17) is 9.47 Å². The number of benzene rings is 3. The van der Waals surface area contributed by atoms with Gasteiger partial charge in [0.2, 0.25) is 5.91 Å². The summed E-state index contributed by atoms with van der Waals surface area (Å²) in [6.07, 6.45) is 0.0592. The van der Waals surface area contributed by atoms with E-state index in [2.05, 4.69) is 5.32 Å². The van der Waals surface area contributed by atoms with Crippen LogP contribution in [-0.4, -0.2) is 51.8 Å². The van der Waals surface area contributed by atoms with Crippen LogP contribution in [0.3, 0.4) is 0 Å². The summed E-state index contributed by atoms with van der Waals surface area (Å²) in [5, 5.41) is 12.1. The summed E-state index contributed by atoms with van der Waals surface area (Å²) < 4.78 is 11.2. The number of ether oxygens (including phenoxy) is 2. The Morgan fingerprint density at radius 1 is 0.952 bits per heavy atom. The van der Waals surface area contributed by atoms with Gasteiger partial charge in [0.25, 0.3) is 5.91 Å². The molecule has 1 fully saturated rings. The third-order valence-electron chi connectivity index (χ3n) is 6.80. The molecule has 0 aliphatic carbocycles. The van der Waals surface area contributed by atoms with Crippen molar-refractivity contribution in [1.82, 2.24) is 10.2 Å². The van der Waals surface area contributed by atoms with Crippen LogP contribution in [0.15, 0.2) is 113 Å². The largest absolute Gasteiger partial charge is 0.514 e. The third-order valence-corrected chi connectivity index (χ3v) is 8.13. The fourth-order valence-electron chi connectivity index (χ4n) is 4.81. The Kier molecular flexibility index (Phi) is 8.73. The molecule has 2 amide bonds. The molecule has 9 nitrogen and oxygen atoms in total. The van der Waals surface area contributed by atoms with E-state index >= 15 is 0 Å². The zero-order valence-electron chi connectivity index (χ0n) is 22.6. The number of aliphatic hydroxyl groups is 1. The molecular weight excluding hydrogens is 556 g/mol. The third kappa shape index (κ3) is 6.08. The van der Waals surface area contributed by atoms with E-state index in [-0.39, 0.29) is 35.1 Å². The predicted molar refractivity (Wildman–Crippen MR) is 155 cm³/mol. The summed E-state index contributed by atoms with van der Waals surface area (Å²) in [6, 6.07) is 26.4. The first-order valence-corrected chi connectivity index (χ1v) is 14.1. The Balaban J connectivity index is 1.46. The zero-order valence-corrected chi connectivity index (χ0v) is 23.5. The predicted octanol–water partition coefficient (Wildman–Crippen LogP) is 4.18. The summed E-state index contributed by atoms with van der Waals surface area (Å²) in [4.78, 5) is 53.3. The number of nitrogens with one attached hydrogen (secondary N) is 1. The van der Waals surface area contributed by atoms with Crippen LogP contribution in [-0.2, 0) is 35.1 Å². The van der Waals surface area contributed by atoms with Crippen LogP contribution in [0.25, 0.3) is 0 Å². The Hall–Kier alpha value is -4.83. The van der Waals surface area contributed by atoms with Gasteiger partial charge in [0, 0.05) is 12.5 Å². The Labute approximate surface area is 246 Å². The topological polar surface area (TPSA) is 122 Å². The maximum Gasteiger partial charge on any atom is 0.356 e. The van der Waals surface area contributed by atoms with E-state index in [0.717, 1.165) is 23.6 Å². The second kappa shape index (κ2) is 12.8. The molecule has 10 heteroatoms. The van der Waals surface area contributed by atoms with Crippen LogP contribution in [0.1, 0.15) is 29.7 Å². The molecule has 5 rings (SSSR count). The van der Waals surface area contributed by atoms with Crippen LogP contribution in [0.4, 0.5) is 0 Å². The van der Waals surface area contributed by atoms with Gasteiger partial charge >= 0.3 is 11.9 Å². The molecule has 1 saturated heterocycles. The van der Waals surface area contributed by atoms with Gasteiger partial charge in [0.05, 0.1) is 17.6 Å². The Morgan fingerprint density at radius 3 is 2.07 bits per heavy atom. The SMILES string of the molecule is CC(=O)OCC1=C(C(=O)OC(c2ccccc2)c2ccccc2)N2C(=O)C(NC(=O)Cc3ccccc3)[C@H]2S/C1=C\O. The fraction of sp³-hybridized carbons (Fsp3) is 0.188. The second-order valence-electron chi connectivity index (χ2n) is 9.63. The number of hydrogen-bond donors (Lipinski definition) is 2. The van der Waals surface area contributed by atoms with Crippen molar-refractivity contribution in [3.05, 3.63) is 130 Å². The van der Waals surface area contributed by atoms with Crippen molar-refractivity contribution in [3.8, 4) is 0 Å². The van der Waals surface area contributed by atoms with Gasteiger partial charge in [-0.2, -0.15) is 0 Å². The van der Waals surface area contributed by atoms with Gasteiger partial charge in [-0.1, -0.05) is 103 Å². The van der Waals surface area contributed by atoms with Crippen molar-refractivity contribution in [3.63, 3.8) is 0 Å². The van der Waals surface area contributed by atoms with E-state index in [1.807, 2.05) is 91.0 Å². The van der Waals surface area contributed by atoms with Crippen LogP contribution >= 0.6 is 11.8 Å². The molecule has 2 aliphatic heterocycles. The number of fused-ring (bicyclic) bond motifs is 1. The maximum absolute atomic E-state index is 14.0. The average molecular weight is 585 g/mol. The van der Waals surface area contributed by atoms with Crippen molar-refractivity contribution in [1.29, 1.82) is 0 Å². The molecule has 0 radical (unpaired) electrons. The van der Waals surface area contributed by atoms with Crippen molar-refractivity contribution in [2.24, 2.45) is 0 Å². The van der Waals surface area contributed by atoms with Crippen LogP contribution < -0.4 is 5.32 Å². The molecule has 2 heterocycles. The second-order valence-corrected chi connectivity index (χ2v) is 10.8. The molecule has 2 atom stereocenters. The summed E-state index contributed by atoms with van der Waals surface area (Å²) in [5.74, 6) is -2.33. The number of thioether (sulfide) groups is 1. The molecule has 0 bridgehead atoms. The van der Waals surface area contributed by atoms with Crippen molar-refractivity contribution >= 4 is 35.5 Å². The molecule has 42 heavy (non-hydrogen) atoms. The van der Waals surface area contributed by atoms with Gasteiger partial charge in [-0.25, -0.2) is 4.79 Å². The lowest BCUT2D eigenvalue weighted by Crippen LogP contribution is -2.70. The van der Waals surface area contributed by atoms with Crippen LogP contribution in [0.2, 0.25) is 0 Å². The number of hydrogen-bond acceptors (Lipinski definition) is 8. The first-order valence-electron chi connectivity index (χ1n) is 13.2. The van der Waals surface area contributed by atoms with Gasteiger partial charge in [-0.05, 0) is 16.7 Å². The van der Waals surface area contributed by atoms with Gasteiger partial charge in [0.1, 0.15) is 23.7 Å². The lowest BCUT2D eigenvalue weighted by Gasteiger charge is -2.50. The minimum atomic E-state index is -0.946. The Morgan fingerprint density at radius 2 is 1.52 bits per heavy atom. The summed E-state index contributed by atoms with van der Waals surface area (Å²) in [6.45, 7) is 0.843. The van der Waals surface area contributed by atoms with Gasteiger partial charge in [-0.15, -0.1) is 0 Å². The number of carbonyl (C=O) groups excluding carboxylic acids is 4. The van der Waals surface area contributed by atoms with Gasteiger partial charge in [-0.3, -0.25) is 19.3 Å². The number of amides is 2. The van der Waals surface area contributed by atoms with Crippen molar-refractivity contribution in [2.45, 2.75) is 30.9 Å².